The lowest BCUT2D eigenvalue weighted by Crippen LogP contribution is -2.44. The van der Waals surface area contributed by atoms with Gasteiger partial charge in [-0.2, -0.15) is 10.4 Å². The molecule has 18 heavy (non-hydrogen) atoms. The summed E-state index contributed by atoms with van der Waals surface area (Å²) in [6.07, 6.45) is 2.33. The van der Waals surface area contributed by atoms with Crippen LogP contribution < -0.4 is 4.90 Å². The predicted molar refractivity (Wildman–Crippen MR) is 65.0 cm³/mol. The Morgan fingerprint density at radius 3 is 3.00 bits per heavy atom. The molecule has 0 saturated carbocycles. The molecule has 0 radical (unpaired) electrons. The number of nitrogens with zero attached hydrogens (tertiary/aromatic N) is 4. The standard InChI is InChI=1S/C12H16N4O2/c1-8-3-4-16(7-10(8)12(17)18)11-9(5-13)6-14-15(11)2/h6,8,10H,3-4,7H2,1-2H3,(H,17,18). The Morgan fingerprint density at radius 2 is 2.39 bits per heavy atom. The summed E-state index contributed by atoms with van der Waals surface area (Å²) in [6.45, 7) is 3.16. The van der Waals surface area contributed by atoms with Crippen molar-refractivity contribution in [3.8, 4) is 6.07 Å². The minimum Gasteiger partial charge on any atom is -0.481 e. The number of anilines is 1. The molecule has 2 atom stereocenters. The fourth-order valence-electron chi connectivity index (χ4n) is 2.47. The molecule has 1 fully saturated rings. The molecule has 0 bridgehead atoms. The first kappa shape index (κ1) is 12.4. The molecule has 1 aliphatic heterocycles. The Kier molecular flexibility index (Phi) is 3.24. The summed E-state index contributed by atoms with van der Waals surface area (Å²) >= 11 is 0. The average molecular weight is 248 g/mol. The van der Waals surface area contributed by atoms with Crippen molar-refractivity contribution < 1.29 is 9.90 Å². The van der Waals surface area contributed by atoms with E-state index in [0.29, 0.717) is 12.1 Å². The van der Waals surface area contributed by atoms with Crippen molar-refractivity contribution in [2.24, 2.45) is 18.9 Å². The molecule has 1 N–H and O–H groups in total. The van der Waals surface area contributed by atoms with Crippen molar-refractivity contribution in [2.75, 3.05) is 18.0 Å². The molecule has 1 aliphatic rings. The summed E-state index contributed by atoms with van der Waals surface area (Å²) in [6, 6.07) is 2.10. The zero-order valence-corrected chi connectivity index (χ0v) is 10.5. The summed E-state index contributed by atoms with van der Waals surface area (Å²) < 4.78 is 1.63. The van der Waals surface area contributed by atoms with E-state index in [1.807, 2.05) is 11.8 Å². The maximum absolute atomic E-state index is 11.2. The van der Waals surface area contributed by atoms with E-state index in [2.05, 4.69) is 11.2 Å². The van der Waals surface area contributed by atoms with Gasteiger partial charge >= 0.3 is 5.97 Å². The minimum absolute atomic E-state index is 0.164. The van der Waals surface area contributed by atoms with Crippen molar-refractivity contribution in [1.29, 1.82) is 5.26 Å². The van der Waals surface area contributed by atoms with Crippen molar-refractivity contribution in [3.05, 3.63) is 11.8 Å². The SMILES string of the molecule is CC1CCN(c2c(C#N)cnn2C)CC1C(=O)O. The first-order chi connectivity index (χ1) is 8.54. The Balaban J connectivity index is 2.27. The highest BCUT2D eigenvalue weighted by molar-refractivity contribution is 5.72. The van der Waals surface area contributed by atoms with E-state index in [9.17, 15) is 9.90 Å². The van der Waals surface area contributed by atoms with Gasteiger partial charge in [-0.3, -0.25) is 9.48 Å². The Bertz CT molecular complexity index is 503. The summed E-state index contributed by atoms with van der Waals surface area (Å²) in [4.78, 5) is 13.2. The number of carboxylic acids is 1. The zero-order valence-electron chi connectivity index (χ0n) is 10.5. The van der Waals surface area contributed by atoms with Gasteiger partial charge in [0, 0.05) is 20.1 Å². The number of aliphatic carboxylic acids is 1. The van der Waals surface area contributed by atoms with E-state index in [1.165, 1.54) is 6.20 Å². The van der Waals surface area contributed by atoms with Crippen LogP contribution in [0.2, 0.25) is 0 Å². The molecule has 0 amide bonds. The van der Waals surface area contributed by atoms with Crippen LogP contribution >= 0.6 is 0 Å². The van der Waals surface area contributed by atoms with Gasteiger partial charge in [-0.05, 0) is 12.3 Å². The van der Waals surface area contributed by atoms with Crippen LogP contribution in [0.5, 0.6) is 0 Å². The average Bonchev–Trinajstić information content (AvgIpc) is 2.71. The smallest absolute Gasteiger partial charge is 0.308 e. The van der Waals surface area contributed by atoms with Gasteiger partial charge < -0.3 is 10.0 Å². The lowest BCUT2D eigenvalue weighted by molar-refractivity contribution is -0.143. The van der Waals surface area contributed by atoms with Crippen LogP contribution in [0.25, 0.3) is 0 Å². The van der Waals surface area contributed by atoms with E-state index in [0.717, 1.165) is 18.8 Å². The highest BCUT2D eigenvalue weighted by atomic mass is 16.4. The van der Waals surface area contributed by atoms with Gasteiger partial charge in [-0.15, -0.1) is 0 Å². The quantitative estimate of drug-likeness (QED) is 0.838. The van der Waals surface area contributed by atoms with E-state index < -0.39 is 5.97 Å². The van der Waals surface area contributed by atoms with Gasteiger partial charge in [0.2, 0.25) is 0 Å². The summed E-state index contributed by atoms with van der Waals surface area (Å²) in [5.41, 5.74) is 0.496. The molecule has 0 aromatic carbocycles. The molecule has 96 valence electrons. The van der Waals surface area contributed by atoms with Gasteiger partial charge in [-0.1, -0.05) is 6.92 Å². The van der Waals surface area contributed by atoms with Crippen molar-refractivity contribution in [2.45, 2.75) is 13.3 Å². The lowest BCUT2D eigenvalue weighted by atomic mass is 9.87. The summed E-state index contributed by atoms with van der Waals surface area (Å²) in [7, 11) is 1.77. The molecule has 0 spiro atoms. The number of aryl methyl sites for hydroxylation is 1. The fraction of sp³-hybridized carbons (Fsp3) is 0.583. The molecular weight excluding hydrogens is 232 g/mol. The number of carbonyl (C=O) groups is 1. The van der Waals surface area contributed by atoms with Crippen LogP contribution in [0.3, 0.4) is 0 Å². The second kappa shape index (κ2) is 4.69. The van der Waals surface area contributed by atoms with Crippen molar-refractivity contribution in [1.82, 2.24) is 9.78 Å². The van der Waals surface area contributed by atoms with Crippen molar-refractivity contribution in [3.63, 3.8) is 0 Å². The van der Waals surface area contributed by atoms with E-state index in [1.54, 1.807) is 11.7 Å². The Hall–Kier alpha value is -2.03. The van der Waals surface area contributed by atoms with Gasteiger partial charge in [-0.25, -0.2) is 0 Å². The second-order valence-electron chi connectivity index (χ2n) is 4.77. The number of piperidine rings is 1. The Morgan fingerprint density at radius 1 is 1.67 bits per heavy atom. The molecule has 6 nitrogen and oxygen atoms in total. The molecular formula is C12H16N4O2. The fourth-order valence-corrected chi connectivity index (χ4v) is 2.47. The topological polar surface area (TPSA) is 82.2 Å². The molecule has 2 rings (SSSR count). The summed E-state index contributed by atoms with van der Waals surface area (Å²) in [5, 5.41) is 22.3. The van der Waals surface area contributed by atoms with Crippen LogP contribution in [0, 0.1) is 23.2 Å². The van der Waals surface area contributed by atoms with Gasteiger partial charge in [0.25, 0.3) is 0 Å². The number of carboxylic acid groups (broad SMARTS) is 1. The lowest BCUT2D eigenvalue weighted by Gasteiger charge is -2.36. The summed E-state index contributed by atoms with van der Waals surface area (Å²) in [5.74, 6) is -0.277. The third kappa shape index (κ3) is 2.04. The highest BCUT2D eigenvalue weighted by Crippen LogP contribution is 2.29. The van der Waals surface area contributed by atoms with Crippen molar-refractivity contribution >= 4 is 11.8 Å². The predicted octanol–water partition coefficient (Wildman–Crippen LogP) is 0.839. The third-order valence-electron chi connectivity index (χ3n) is 3.60. The van der Waals surface area contributed by atoms with Crippen LogP contribution in [-0.4, -0.2) is 33.9 Å². The number of rotatable bonds is 2. The number of nitriles is 1. The second-order valence-corrected chi connectivity index (χ2v) is 4.77. The molecule has 1 aromatic heterocycles. The first-order valence-electron chi connectivity index (χ1n) is 5.94. The normalized spacial score (nSPS) is 23.7. The maximum Gasteiger partial charge on any atom is 0.308 e. The van der Waals surface area contributed by atoms with Crippen LogP contribution in [0.4, 0.5) is 5.82 Å². The maximum atomic E-state index is 11.2. The van der Waals surface area contributed by atoms with E-state index >= 15 is 0 Å². The third-order valence-corrected chi connectivity index (χ3v) is 3.60. The molecule has 6 heteroatoms. The monoisotopic (exact) mass is 248 g/mol. The molecule has 2 unspecified atom stereocenters. The van der Waals surface area contributed by atoms with Crippen LogP contribution in [-0.2, 0) is 11.8 Å². The molecule has 1 saturated heterocycles. The molecule has 2 heterocycles. The number of hydrogen-bond donors (Lipinski definition) is 1. The van der Waals surface area contributed by atoms with Crippen LogP contribution in [0.1, 0.15) is 18.9 Å². The highest BCUT2D eigenvalue weighted by Gasteiger charge is 2.33. The van der Waals surface area contributed by atoms with E-state index in [-0.39, 0.29) is 11.8 Å². The van der Waals surface area contributed by atoms with Gasteiger partial charge in [0.1, 0.15) is 17.5 Å². The van der Waals surface area contributed by atoms with Gasteiger partial charge in [0.05, 0.1) is 12.1 Å². The molecule has 0 aliphatic carbocycles. The Labute approximate surface area is 105 Å². The molecule has 1 aromatic rings. The van der Waals surface area contributed by atoms with Gasteiger partial charge in [0.15, 0.2) is 0 Å². The number of aromatic nitrogens is 2. The van der Waals surface area contributed by atoms with E-state index in [4.69, 9.17) is 5.26 Å². The first-order valence-corrected chi connectivity index (χ1v) is 5.94. The zero-order chi connectivity index (χ0) is 13.3. The van der Waals surface area contributed by atoms with Crippen LogP contribution in [0.15, 0.2) is 6.20 Å². The largest absolute Gasteiger partial charge is 0.481 e. The number of hydrogen-bond acceptors (Lipinski definition) is 4. The minimum atomic E-state index is -0.770.